The second-order valence-corrected chi connectivity index (χ2v) is 10.9. The number of amides is 2. The van der Waals surface area contributed by atoms with Crippen LogP contribution in [-0.4, -0.2) is 44.8 Å². The van der Waals surface area contributed by atoms with Crippen LogP contribution >= 0.6 is 23.2 Å². The summed E-state index contributed by atoms with van der Waals surface area (Å²) in [5.41, 5.74) is 1.86. The lowest BCUT2D eigenvalue weighted by Gasteiger charge is -2.31. The molecule has 190 valence electrons. The van der Waals surface area contributed by atoms with E-state index in [9.17, 15) is 18.0 Å². The molecule has 0 saturated carbocycles. The second kappa shape index (κ2) is 11.8. The largest absolute Gasteiger partial charge is 0.357 e. The average molecular weight is 548 g/mol. The van der Waals surface area contributed by atoms with Crippen LogP contribution in [0.3, 0.4) is 0 Å². The molecule has 3 rings (SSSR count). The Bertz CT molecular complexity index is 1330. The average Bonchev–Trinajstić information content (AvgIpc) is 2.87. The minimum absolute atomic E-state index is 0.0148. The van der Waals surface area contributed by atoms with Gasteiger partial charge in [-0.2, -0.15) is 0 Å². The summed E-state index contributed by atoms with van der Waals surface area (Å²) in [6.07, 6.45) is 0. The number of sulfonamides is 1. The van der Waals surface area contributed by atoms with Gasteiger partial charge < -0.3 is 10.2 Å². The molecule has 3 aromatic rings. The van der Waals surface area contributed by atoms with Crippen LogP contribution in [0.15, 0.2) is 77.7 Å². The van der Waals surface area contributed by atoms with Crippen molar-refractivity contribution in [3.8, 4) is 0 Å². The van der Waals surface area contributed by atoms with Crippen LogP contribution in [0.4, 0.5) is 5.69 Å². The molecular weight excluding hydrogens is 521 g/mol. The van der Waals surface area contributed by atoms with Gasteiger partial charge >= 0.3 is 0 Å². The van der Waals surface area contributed by atoms with Crippen LogP contribution in [0.25, 0.3) is 0 Å². The van der Waals surface area contributed by atoms with Gasteiger partial charge in [-0.3, -0.25) is 13.9 Å². The molecule has 0 saturated heterocycles. The molecule has 10 heteroatoms. The van der Waals surface area contributed by atoms with E-state index in [-0.39, 0.29) is 33.1 Å². The number of carbonyl (C=O) groups excluding carboxylic acids is 2. The van der Waals surface area contributed by atoms with Gasteiger partial charge in [0.2, 0.25) is 11.8 Å². The van der Waals surface area contributed by atoms with E-state index in [1.165, 1.54) is 42.3 Å². The molecular formula is C26H27Cl2N3O4S. The Morgan fingerprint density at radius 3 is 2.17 bits per heavy atom. The molecule has 7 nitrogen and oxygen atoms in total. The van der Waals surface area contributed by atoms with Crippen LogP contribution < -0.4 is 9.62 Å². The van der Waals surface area contributed by atoms with Crippen molar-refractivity contribution in [1.82, 2.24) is 10.2 Å². The quantitative estimate of drug-likeness (QED) is 0.422. The highest BCUT2D eigenvalue weighted by atomic mass is 35.5. The Balaban J connectivity index is 2.05. The number of hydrogen-bond donors (Lipinski definition) is 1. The summed E-state index contributed by atoms with van der Waals surface area (Å²) in [5.74, 6) is -0.932. The molecule has 1 N–H and O–H groups in total. The summed E-state index contributed by atoms with van der Waals surface area (Å²) < 4.78 is 28.4. The van der Waals surface area contributed by atoms with Crippen molar-refractivity contribution < 1.29 is 18.0 Å². The molecule has 0 aliphatic heterocycles. The molecule has 0 spiro atoms. The highest BCUT2D eigenvalue weighted by molar-refractivity contribution is 7.92. The van der Waals surface area contributed by atoms with Gasteiger partial charge in [-0.15, -0.1) is 0 Å². The third kappa shape index (κ3) is 6.37. The zero-order chi connectivity index (χ0) is 26.5. The molecule has 0 bridgehead atoms. The summed E-state index contributed by atoms with van der Waals surface area (Å²) in [5, 5.41) is 2.94. The smallest absolute Gasteiger partial charge is 0.264 e. The Labute approximate surface area is 221 Å². The minimum Gasteiger partial charge on any atom is -0.357 e. The molecule has 36 heavy (non-hydrogen) atoms. The highest BCUT2D eigenvalue weighted by Gasteiger charge is 2.32. The van der Waals surface area contributed by atoms with E-state index in [0.717, 1.165) is 15.4 Å². The molecule has 0 aliphatic rings. The van der Waals surface area contributed by atoms with E-state index < -0.39 is 28.5 Å². The Kier molecular flexibility index (Phi) is 9.00. The predicted octanol–water partition coefficient (Wildman–Crippen LogP) is 4.66. The van der Waals surface area contributed by atoms with Crippen molar-refractivity contribution in [3.63, 3.8) is 0 Å². The first kappa shape index (κ1) is 27.5. The summed E-state index contributed by atoms with van der Waals surface area (Å²) in [7, 11) is -2.69. The predicted molar refractivity (Wildman–Crippen MR) is 143 cm³/mol. The Morgan fingerprint density at radius 1 is 0.944 bits per heavy atom. The molecule has 0 heterocycles. The maximum atomic E-state index is 13.7. The second-order valence-electron chi connectivity index (χ2n) is 8.22. The zero-order valence-electron chi connectivity index (χ0n) is 20.1. The van der Waals surface area contributed by atoms with Crippen molar-refractivity contribution in [2.24, 2.45) is 0 Å². The number of likely N-dealkylation sites (N-methyl/N-ethyl adjacent to an activating group) is 1. The monoisotopic (exact) mass is 547 g/mol. The number of rotatable bonds is 9. The van der Waals surface area contributed by atoms with Gasteiger partial charge in [0.1, 0.15) is 12.6 Å². The van der Waals surface area contributed by atoms with Crippen LogP contribution in [0.2, 0.25) is 10.0 Å². The summed E-state index contributed by atoms with van der Waals surface area (Å²) >= 11 is 12.2. The summed E-state index contributed by atoms with van der Waals surface area (Å²) in [6.45, 7) is 3.01. The summed E-state index contributed by atoms with van der Waals surface area (Å²) in [4.78, 5) is 27.5. The third-order valence-electron chi connectivity index (χ3n) is 5.69. The number of benzene rings is 3. The molecule has 3 aromatic carbocycles. The van der Waals surface area contributed by atoms with Gasteiger partial charge in [-0.25, -0.2) is 8.42 Å². The molecule has 2 amide bonds. The van der Waals surface area contributed by atoms with Gasteiger partial charge in [-0.1, -0.05) is 71.2 Å². The fourth-order valence-electron chi connectivity index (χ4n) is 3.58. The summed E-state index contributed by atoms with van der Waals surface area (Å²) in [6, 6.07) is 19.0. The maximum Gasteiger partial charge on any atom is 0.264 e. The molecule has 0 aromatic heterocycles. The van der Waals surface area contributed by atoms with Gasteiger partial charge in [0.05, 0.1) is 20.6 Å². The van der Waals surface area contributed by atoms with Crippen molar-refractivity contribution in [2.45, 2.75) is 31.3 Å². The fraction of sp³-hybridized carbons (Fsp3) is 0.231. The highest BCUT2D eigenvalue weighted by Crippen LogP contribution is 2.31. The zero-order valence-corrected chi connectivity index (χ0v) is 22.4. The van der Waals surface area contributed by atoms with Gasteiger partial charge in [0.25, 0.3) is 10.0 Å². The van der Waals surface area contributed by atoms with Crippen molar-refractivity contribution in [1.29, 1.82) is 0 Å². The first-order chi connectivity index (χ1) is 17.0. The maximum absolute atomic E-state index is 13.7. The Morgan fingerprint density at radius 2 is 1.58 bits per heavy atom. The lowest BCUT2D eigenvalue weighted by Crippen LogP contribution is -2.50. The van der Waals surface area contributed by atoms with E-state index >= 15 is 0 Å². The number of nitrogens with zero attached hydrogens (tertiary/aromatic N) is 2. The van der Waals surface area contributed by atoms with Crippen LogP contribution in [-0.2, 0) is 26.2 Å². The van der Waals surface area contributed by atoms with Gasteiger partial charge in [0.15, 0.2) is 0 Å². The lowest BCUT2D eigenvalue weighted by atomic mass is 10.1. The van der Waals surface area contributed by atoms with Crippen molar-refractivity contribution >= 4 is 50.7 Å². The molecule has 0 aliphatic carbocycles. The molecule has 0 unspecified atom stereocenters. The Hall–Kier alpha value is -3.07. The number of aryl methyl sites for hydroxylation is 1. The molecule has 0 radical (unpaired) electrons. The van der Waals surface area contributed by atoms with Crippen molar-refractivity contribution in [3.05, 3.63) is 94.0 Å². The topological polar surface area (TPSA) is 86.8 Å². The standard InChI is InChI=1S/C26H27Cl2N3O4S/c1-18-9-12-22(13-10-18)36(34,35)31(21-11-14-23(27)24(28)15-21)17-25(32)30(19(2)26(33)29-3)16-20-7-5-4-6-8-20/h4-15,19H,16-17H2,1-3H3,(H,29,33)/t19-/m0/s1. The van der Waals surface area contributed by atoms with Gasteiger partial charge in [0, 0.05) is 13.6 Å². The van der Waals surface area contributed by atoms with Crippen LogP contribution in [0.5, 0.6) is 0 Å². The number of anilines is 1. The van der Waals surface area contributed by atoms with Crippen LogP contribution in [0.1, 0.15) is 18.1 Å². The fourth-order valence-corrected chi connectivity index (χ4v) is 5.28. The van der Waals surface area contributed by atoms with Crippen LogP contribution in [0, 0.1) is 6.92 Å². The molecule has 1 atom stereocenters. The first-order valence-corrected chi connectivity index (χ1v) is 13.3. The SMILES string of the molecule is CNC(=O)[C@H](C)N(Cc1ccccc1)C(=O)CN(c1ccc(Cl)c(Cl)c1)S(=O)(=O)c1ccc(C)cc1. The lowest BCUT2D eigenvalue weighted by molar-refractivity contribution is -0.139. The first-order valence-electron chi connectivity index (χ1n) is 11.1. The van der Waals surface area contributed by atoms with Gasteiger partial charge in [-0.05, 0) is 49.7 Å². The van der Waals surface area contributed by atoms with E-state index in [1.807, 2.05) is 37.3 Å². The van der Waals surface area contributed by atoms with E-state index in [2.05, 4.69) is 5.32 Å². The number of nitrogens with one attached hydrogen (secondary N) is 1. The molecule has 0 fully saturated rings. The number of halogens is 2. The van der Waals surface area contributed by atoms with E-state index in [1.54, 1.807) is 19.1 Å². The van der Waals surface area contributed by atoms with E-state index in [4.69, 9.17) is 23.2 Å². The number of hydrogen-bond acceptors (Lipinski definition) is 4. The van der Waals surface area contributed by atoms with Crippen molar-refractivity contribution in [2.75, 3.05) is 17.9 Å². The third-order valence-corrected chi connectivity index (χ3v) is 8.22. The normalized spacial score (nSPS) is 12.0. The minimum atomic E-state index is -4.17. The van der Waals surface area contributed by atoms with E-state index in [0.29, 0.717) is 0 Å². The number of carbonyl (C=O) groups is 2.